The fourth-order valence-electron chi connectivity index (χ4n) is 2.41. The van der Waals surface area contributed by atoms with Crippen molar-refractivity contribution >= 4 is 17.5 Å². The summed E-state index contributed by atoms with van der Waals surface area (Å²) in [6.07, 6.45) is 0.473. The van der Waals surface area contributed by atoms with Gasteiger partial charge in [0.15, 0.2) is 0 Å². The van der Waals surface area contributed by atoms with Gasteiger partial charge in [-0.05, 0) is 25.5 Å². The van der Waals surface area contributed by atoms with Gasteiger partial charge in [-0.15, -0.1) is 0 Å². The Balaban J connectivity index is 2.06. The first-order valence-corrected chi connectivity index (χ1v) is 6.76. The Labute approximate surface area is 118 Å². The van der Waals surface area contributed by atoms with Gasteiger partial charge in [0.1, 0.15) is 5.75 Å². The molecule has 1 aromatic rings. The van der Waals surface area contributed by atoms with Crippen LogP contribution in [0, 0.1) is 0 Å². The summed E-state index contributed by atoms with van der Waals surface area (Å²) in [5.41, 5.74) is 7.74. The van der Waals surface area contributed by atoms with E-state index >= 15 is 0 Å². The molecule has 0 bridgehead atoms. The first kappa shape index (κ1) is 14.3. The Hall–Kier alpha value is -2.11. The van der Waals surface area contributed by atoms with Gasteiger partial charge in [-0.2, -0.15) is 0 Å². The summed E-state index contributed by atoms with van der Waals surface area (Å²) in [5, 5.41) is 2.81. The Bertz CT molecular complexity index is 479. The van der Waals surface area contributed by atoms with E-state index in [-0.39, 0.29) is 6.04 Å². The minimum Gasteiger partial charge on any atom is -0.492 e. The Morgan fingerprint density at radius 3 is 3.05 bits per heavy atom. The van der Waals surface area contributed by atoms with E-state index in [0.717, 1.165) is 25.2 Å². The SMILES string of the molecule is CCOc1cccc(N2CCC(NC(=O)OC)C2)c1N. The van der Waals surface area contributed by atoms with Crippen molar-refractivity contribution in [2.24, 2.45) is 0 Å². The van der Waals surface area contributed by atoms with Crippen molar-refractivity contribution in [1.29, 1.82) is 0 Å². The van der Waals surface area contributed by atoms with Gasteiger partial charge in [-0.1, -0.05) is 6.07 Å². The van der Waals surface area contributed by atoms with Crippen molar-refractivity contribution in [3.63, 3.8) is 0 Å². The minimum atomic E-state index is -0.395. The molecule has 0 radical (unpaired) electrons. The molecule has 110 valence electrons. The number of nitrogens with one attached hydrogen (secondary N) is 1. The standard InChI is InChI=1S/C14H21N3O3/c1-3-20-12-6-4-5-11(13(12)15)17-8-7-10(9-17)16-14(18)19-2/h4-6,10H,3,7-9,15H2,1-2H3,(H,16,18). The van der Waals surface area contributed by atoms with Crippen LogP contribution in [0.15, 0.2) is 18.2 Å². The maximum atomic E-state index is 11.2. The predicted molar refractivity (Wildman–Crippen MR) is 78.2 cm³/mol. The molecular formula is C14H21N3O3. The first-order valence-electron chi connectivity index (χ1n) is 6.76. The second-order valence-corrected chi connectivity index (χ2v) is 4.69. The Morgan fingerprint density at radius 1 is 1.55 bits per heavy atom. The molecule has 20 heavy (non-hydrogen) atoms. The molecule has 0 aliphatic carbocycles. The number of ether oxygens (including phenoxy) is 2. The largest absolute Gasteiger partial charge is 0.492 e. The van der Waals surface area contributed by atoms with Gasteiger partial charge in [-0.25, -0.2) is 4.79 Å². The molecule has 6 nitrogen and oxygen atoms in total. The topological polar surface area (TPSA) is 76.8 Å². The van der Waals surface area contributed by atoms with Gasteiger partial charge in [0.2, 0.25) is 0 Å². The average molecular weight is 279 g/mol. The third-order valence-electron chi connectivity index (χ3n) is 3.38. The molecule has 1 aliphatic heterocycles. The molecule has 0 aromatic heterocycles. The molecule has 1 aliphatic rings. The molecule has 1 aromatic carbocycles. The van der Waals surface area contributed by atoms with Crippen molar-refractivity contribution in [1.82, 2.24) is 5.32 Å². The molecule has 1 amide bonds. The summed E-state index contributed by atoms with van der Waals surface area (Å²) in [7, 11) is 1.37. The average Bonchev–Trinajstić information content (AvgIpc) is 2.89. The smallest absolute Gasteiger partial charge is 0.407 e. The van der Waals surface area contributed by atoms with Gasteiger partial charge < -0.3 is 25.4 Å². The number of amides is 1. The second kappa shape index (κ2) is 6.36. The fraction of sp³-hybridized carbons (Fsp3) is 0.500. The lowest BCUT2D eigenvalue weighted by molar-refractivity contribution is 0.167. The number of nitrogen functional groups attached to an aromatic ring is 1. The van der Waals surface area contributed by atoms with Crippen LogP contribution in [0.3, 0.4) is 0 Å². The molecule has 1 unspecified atom stereocenters. The van der Waals surface area contributed by atoms with Gasteiger partial charge in [-0.3, -0.25) is 0 Å². The van der Waals surface area contributed by atoms with Crippen molar-refractivity contribution < 1.29 is 14.3 Å². The third kappa shape index (κ3) is 3.07. The van der Waals surface area contributed by atoms with Crippen molar-refractivity contribution in [2.45, 2.75) is 19.4 Å². The minimum absolute atomic E-state index is 0.0811. The maximum absolute atomic E-state index is 11.2. The number of hydrogen-bond donors (Lipinski definition) is 2. The summed E-state index contributed by atoms with van der Waals surface area (Å²) < 4.78 is 10.1. The zero-order valence-electron chi connectivity index (χ0n) is 11.9. The number of anilines is 2. The van der Waals surface area contributed by atoms with Gasteiger partial charge >= 0.3 is 6.09 Å². The zero-order chi connectivity index (χ0) is 14.5. The lowest BCUT2D eigenvalue weighted by Gasteiger charge is -2.22. The highest BCUT2D eigenvalue weighted by molar-refractivity contribution is 5.74. The number of hydrogen-bond acceptors (Lipinski definition) is 5. The van der Waals surface area contributed by atoms with Crippen LogP contribution in [0.5, 0.6) is 5.75 Å². The first-order chi connectivity index (χ1) is 9.65. The van der Waals surface area contributed by atoms with E-state index in [1.54, 1.807) is 0 Å². The Kier molecular flexibility index (Phi) is 4.55. The highest BCUT2D eigenvalue weighted by atomic mass is 16.5. The molecule has 3 N–H and O–H groups in total. The zero-order valence-corrected chi connectivity index (χ0v) is 11.9. The van der Waals surface area contributed by atoms with E-state index in [2.05, 4.69) is 15.0 Å². The highest BCUT2D eigenvalue weighted by Crippen LogP contribution is 2.34. The number of nitrogens with zero attached hydrogens (tertiary/aromatic N) is 1. The molecule has 1 atom stereocenters. The number of methoxy groups -OCH3 is 1. The molecule has 2 rings (SSSR count). The van der Waals surface area contributed by atoms with Crippen LogP contribution in [-0.2, 0) is 4.74 Å². The van der Waals surface area contributed by atoms with Crippen LogP contribution in [0.1, 0.15) is 13.3 Å². The number of benzene rings is 1. The van der Waals surface area contributed by atoms with Crippen molar-refractivity contribution in [3.8, 4) is 5.75 Å². The highest BCUT2D eigenvalue weighted by Gasteiger charge is 2.26. The molecule has 1 saturated heterocycles. The van der Waals surface area contributed by atoms with E-state index < -0.39 is 6.09 Å². The molecule has 1 fully saturated rings. The summed E-state index contributed by atoms with van der Waals surface area (Å²) in [6, 6.07) is 5.84. The number of rotatable bonds is 4. The van der Waals surface area contributed by atoms with Crippen LogP contribution in [0.4, 0.5) is 16.2 Å². The van der Waals surface area contributed by atoms with Crippen LogP contribution >= 0.6 is 0 Å². The van der Waals surface area contributed by atoms with E-state index in [9.17, 15) is 4.79 Å². The van der Waals surface area contributed by atoms with Gasteiger partial charge in [0, 0.05) is 13.1 Å². The number of para-hydroxylation sites is 1. The fourth-order valence-corrected chi connectivity index (χ4v) is 2.41. The van der Waals surface area contributed by atoms with Crippen molar-refractivity contribution in [2.75, 3.05) is 37.4 Å². The van der Waals surface area contributed by atoms with Gasteiger partial charge in [0.25, 0.3) is 0 Å². The quantitative estimate of drug-likeness (QED) is 0.819. The van der Waals surface area contributed by atoms with Crippen LogP contribution in [0.2, 0.25) is 0 Å². The number of alkyl carbamates (subject to hydrolysis) is 1. The summed E-state index contributed by atoms with van der Waals surface area (Å²) >= 11 is 0. The molecule has 1 heterocycles. The number of nitrogens with two attached hydrogens (primary N) is 1. The van der Waals surface area contributed by atoms with Crippen molar-refractivity contribution in [3.05, 3.63) is 18.2 Å². The van der Waals surface area contributed by atoms with E-state index in [1.165, 1.54) is 7.11 Å². The lowest BCUT2D eigenvalue weighted by atomic mass is 10.2. The van der Waals surface area contributed by atoms with E-state index in [1.807, 2.05) is 25.1 Å². The number of carbonyl (C=O) groups is 1. The van der Waals surface area contributed by atoms with Crippen LogP contribution < -0.4 is 20.7 Å². The summed E-state index contributed by atoms with van der Waals surface area (Å²) in [6.45, 7) is 4.07. The normalized spacial score (nSPS) is 17.9. The molecule has 0 spiro atoms. The van der Waals surface area contributed by atoms with Gasteiger partial charge in [0.05, 0.1) is 31.1 Å². The lowest BCUT2D eigenvalue weighted by Crippen LogP contribution is -2.37. The van der Waals surface area contributed by atoms with E-state index in [0.29, 0.717) is 18.0 Å². The van der Waals surface area contributed by atoms with Crippen LogP contribution in [0.25, 0.3) is 0 Å². The molecular weight excluding hydrogens is 258 g/mol. The molecule has 0 saturated carbocycles. The summed E-state index contributed by atoms with van der Waals surface area (Å²) in [5.74, 6) is 0.703. The Morgan fingerprint density at radius 2 is 2.35 bits per heavy atom. The predicted octanol–water partition coefficient (Wildman–Crippen LogP) is 1.60. The van der Waals surface area contributed by atoms with Crippen LogP contribution in [-0.4, -0.2) is 38.9 Å². The molecule has 6 heteroatoms. The summed E-state index contributed by atoms with van der Waals surface area (Å²) in [4.78, 5) is 13.4. The number of carbonyl (C=O) groups excluding carboxylic acids is 1. The third-order valence-corrected chi connectivity index (χ3v) is 3.38. The van der Waals surface area contributed by atoms with E-state index in [4.69, 9.17) is 10.5 Å². The maximum Gasteiger partial charge on any atom is 0.407 e. The monoisotopic (exact) mass is 279 g/mol. The second-order valence-electron chi connectivity index (χ2n) is 4.69.